The van der Waals surface area contributed by atoms with E-state index in [2.05, 4.69) is 15.3 Å². The molecule has 13 heavy (non-hydrogen) atoms. The Morgan fingerprint density at radius 2 is 2.38 bits per heavy atom. The highest BCUT2D eigenvalue weighted by molar-refractivity contribution is 4.93. The third kappa shape index (κ3) is 3.96. The summed E-state index contributed by atoms with van der Waals surface area (Å²) < 4.78 is 0. The Bertz CT molecular complexity index is 228. The van der Waals surface area contributed by atoms with Gasteiger partial charge >= 0.3 is 0 Å². The van der Waals surface area contributed by atoms with Gasteiger partial charge < -0.3 is 10.4 Å². The number of hydrogen-bond donors (Lipinski definition) is 2. The van der Waals surface area contributed by atoms with Gasteiger partial charge in [-0.05, 0) is 13.3 Å². The fourth-order valence-electron chi connectivity index (χ4n) is 0.996. The lowest BCUT2D eigenvalue weighted by atomic mass is 10.2. The molecule has 0 aromatic carbocycles. The van der Waals surface area contributed by atoms with E-state index in [1.54, 1.807) is 18.6 Å². The zero-order chi connectivity index (χ0) is 9.52. The molecule has 4 nitrogen and oxygen atoms in total. The Kier molecular flexibility index (Phi) is 4.35. The molecule has 72 valence electrons. The summed E-state index contributed by atoms with van der Waals surface area (Å²) in [5.41, 5.74) is 0.923. The monoisotopic (exact) mass is 181 g/mol. The van der Waals surface area contributed by atoms with Gasteiger partial charge in [-0.2, -0.15) is 0 Å². The first-order chi connectivity index (χ1) is 6.33. The predicted octanol–water partition coefficient (Wildman–Crippen LogP) is 0.337. The maximum Gasteiger partial charge on any atom is 0.0724 e. The Morgan fingerprint density at radius 3 is 3.00 bits per heavy atom. The molecule has 0 aliphatic heterocycles. The maximum atomic E-state index is 8.67. The number of rotatable bonds is 5. The van der Waals surface area contributed by atoms with Crippen LogP contribution in [-0.2, 0) is 6.54 Å². The third-order valence-electron chi connectivity index (χ3n) is 1.81. The highest BCUT2D eigenvalue weighted by atomic mass is 16.3. The Morgan fingerprint density at radius 1 is 1.54 bits per heavy atom. The van der Waals surface area contributed by atoms with Gasteiger partial charge in [0, 0.05) is 37.8 Å². The fourth-order valence-corrected chi connectivity index (χ4v) is 0.996. The van der Waals surface area contributed by atoms with Crippen molar-refractivity contribution in [3.63, 3.8) is 0 Å². The van der Waals surface area contributed by atoms with Gasteiger partial charge in [-0.1, -0.05) is 0 Å². The molecule has 1 aromatic rings. The van der Waals surface area contributed by atoms with E-state index in [1.165, 1.54) is 0 Å². The molecule has 1 heterocycles. The summed E-state index contributed by atoms with van der Waals surface area (Å²) in [7, 11) is 0. The smallest absolute Gasteiger partial charge is 0.0724 e. The average molecular weight is 181 g/mol. The van der Waals surface area contributed by atoms with Crippen molar-refractivity contribution in [2.24, 2.45) is 0 Å². The minimum Gasteiger partial charge on any atom is -0.396 e. The van der Waals surface area contributed by atoms with Crippen LogP contribution in [0.2, 0.25) is 0 Å². The zero-order valence-electron chi connectivity index (χ0n) is 7.77. The summed E-state index contributed by atoms with van der Waals surface area (Å²) in [4.78, 5) is 8.08. The number of nitrogens with one attached hydrogen (secondary N) is 1. The summed E-state index contributed by atoms with van der Waals surface area (Å²) in [6.45, 7) is 2.95. The standard InChI is InChI=1S/C9H15N3O/c1-8(2-5-13)12-7-9-6-10-3-4-11-9/h3-4,6,8,12-13H,2,5,7H2,1H3. The van der Waals surface area contributed by atoms with Gasteiger partial charge in [0.15, 0.2) is 0 Å². The molecule has 0 amide bonds. The predicted molar refractivity (Wildman–Crippen MR) is 50.0 cm³/mol. The van der Waals surface area contributed by atoms with Crippen LogP contribution in [0, 0.1) is 0 Å². The molecule has 1 rings (SSSR count). The van der Waals surface area contributed by atoms with E-state index in [4.69, 9.17) is 5.11 Å². The van der Waals surface area contributed by atoms with Crippen molar-refractivity contribution in [2.75, 3.05) is 6.61 Å². The van der Waals surface area contributed by atoms with Crippen LogP contribution in [0.3, 0.4) is 0 Å². The van der Waals surface area contributed by atoms with E-state index in [0.717, 1.165) is 12.1 Å². The Hall–Kier alpha value is -1.00. The van der Waals surface area contributed by atoms with Crippen LogP contribution in [0.25, 0.3) is 0 Å². The molecule has 0 spiro atoms. The van der Waals surface area contributed by atoms with Crippen LogP contribution >= 0.6 is 0 Å². The van der Waals surface area contributed by atoms with Crippen LogP contribution in [0.5, 0.6) is 0 Å². The average Bonchev–Trinajstić information content (AvgIpc) is 2.17. The van der Waals surface area contributed by atoms with Crippen molar-refractivity contribution in [3.05, 3.63) is 24.3 Å². The normalized spacial score (nSPS) is 12.8. The molecule has 1 aromatic heterocycles. The van der Waals surface area contributed by atoms with Crippen LogP contribution in [0.15, 0.2) is 18.6 Å². The van der Waals surface area contributed by atoms with Gasteiger partial charge in [0.1, 0.15) is 0 Å². The molecule has 0 bridgehead atoms. The third-order valence-corrected chi connectivity index (χ3v) is 1.81. The summed E-state index contributed by atoms with van der Waals surface area (Å²) in [6, 6.07) is 0.312. The minimum absolute atomic E-state index is 0.217. The van der Waals surface area contributed by atoms with Gasteiger partial charge in [-0.15, -0.1) is 0 Å². The van der Waals surface area contributed by atoms with Crippen LogP contribution < -0.4 is 5.32 Å². The van der Waals surface area contributed by atoms with E-state index in [0.29, 0.717) is 12.6 Å². The number of aliphatic hydroxyl groups excluding tert-OH is 1. The van der Waals surface area contributed by atoms with Crippen LogP contribution in [0.1, 0.15) is 19.0 Å². The van der Waals surface area contributed by atoms with Gasteiger partial charge in [-0.25, -0.2) is 0 Å². The second-order valence-corrected chi connectivity index (χ2v) is 2.99. The lowest BCUT2D eigenvalue weighted by Crippen LogP contribution is -2.26. The van der Waals surface area contributed by atoms with E-state index in [9.17, 15) is 0 Å². The molecule has 0 fully saturated rings. The minimum atomic E-state index is 0.217. The van der Waals surface area contributed by atoms with E-state index in [1.807, 2.05) is 6.92 Å². The number of hydrogen-bond acceptors (Lipinski definition) is 4. The number of aliphatic hydroxyl groups is 1. The summed E-state index contributed by atoms with van der Waals surface area (Å²) in [6.07, 6.45) is 5.83. The molecular formula is C9H15N3O. The molecule has 4 heteroatoms. The molecule has 1 atom stereocenters. The van der Waals surface area contributed by atoms with Crippen LogP contribution in [0.4, 0.5) is 0 Å². The SMILES string of the molecule is CC(CCO)NCc1cnccn1. The lowest BCUT2D eigenvalue weighted by molar-refractivity contribution is 0.268. The van der Waals surface area contributed by atoms with Crippen molar-refractivity contribution >= 4 is 0 Å². The summed E-state index contributed by atoms with van der Waals surface area (Å²) >= 11 is 0. The molecule has 0 aliphatic carbocycles. The first kappa shape index (κ1) is 10.1. The molecule has 0 aliphatic rings. The zero-order valence-corrected chi connectivity index (χ0v) is 7.77. The molecule has 0 saturated carbocycles. The van der Waals surface area contributed by atoms with Gasteiger partial charge in [-0.3, -0.25) is 9.97 Å². The molecule has 1 unspecified atom stereocenters. The highest BCUT2D eigenvalue weighted by Crippen LogP contribution is 1.93. The molecule has 0 saturated heterocycles. The van der Waals surface area contributed by atoms with E-state index >= 15 is 0 Å². The van der Waals surface area contributed by atoms with Crippen molar-refractivity contribution < 1.29 is 5.11 Å². The number of aromatic nitrogens is 2. The van der Waals surface area contributed by atoms with Crippen molar-refractivity contribution in [2.45, 2.75) is 25.9 Å². The fraction of sp³-hybridized carbons (Fsp3) is 0.556. The number of nitrogens with zero attached hydrogens (tertiary/aromatic N) is 2. The van der Waals surface area contributed by atoms with Crippen molar-refractivity contribution in [1.29, 1.82) is 0 Å². The van der Waals surface area contributed by atoms with Crippen LogP contribution in [-0.4, -0.2) is 27.7 Å². The molecule has 0 radical (unpaired) electrons. The highest BCUT2D eigenvalue weighted by Gasteiger charge is 2.00. The first-order valence-electron chi connectivity index (χ1n) is 4.42. The molecular weight excluding hydrogens is 166 g/mol. The van der Waals surface area contributed by atoms with Gasteiger partial charge in [0.05, 0.1) is 5.69 Å². The summed E-state index contributed by atoms with van der Waals surface area (Å²) in [5, 5.41) is 11.9. The van der Waals surface area contributed by atoms with Crippen molar-refractivity contribution in [1.82, 2.24) is 15.3 Å². The maximum absolute atomic E-state index is 8.67. The summed E-state index contributed by atoms with van der Waals surface area (Å²) in [5.74, 6) is 0. The molecule has 2 N–H and O–H groups in total. The largest absolute Gasteiger partial charge is 0.396 e. The van der Waals surface area contributed by atoms with E-state index in [-0.39, 0.29) is 6.61 Å². The second-order valence-electron chi connectivity index (χ2n) is 2.99. The topological polar surface area (TPSA) is 58.0 Å². The Balaban J connectivity index is 2.27. The quantitative estimate of drug-likeness (QED) is 0.687. The Labute approximate surface area is 78.0 Å². The van der Waals surface area contributed by atoms with Gasteiger partial charge in [0.2, 0.25) is 0 Å². The lowest BCUT2D eigenvalue weighted by Gasteiger charge is -2.10. The van der Waals surface area contributed by atoms with Gasteiger partial charge in [0.25, 0.3) is 0 Å². The van der Waals surface area contributed by atoms with E-state index < -0.39 is 0 Å². The first-order valence-corrected chi connectivity index (χ1v) is 4.42. The second kappa shape index (κ2) is 5.61. The van der Waals surface area contributed by atoms with Crippen molar-refractivity contribution in [3.8, 4) is 0 Å².